The number of rotatable bonds is 2. The molecule has 2 aromatic heterocycles. The largest absolute Gasteiger partial charge is 0.467 e. The Morgan fingerprint density at radius 2 is 2.10 bits per heavy atom. The normalized spacial score (nSPS) is 15.7. The van der Waals surface area contributed by atoms with Crippen LogP contribution in [-0.2, 0) is 0 Å². The topological polar surface area (TPSA) is 63.2 Å². The van der Waals surface area contributed by atoms with Gasteiger partial charge in [0, 0.05) is 32.4 Å². The van der Waals surface area contributed by atoms with Gasteiger partial charge in [-0.05, 0) is 0 Å². The first-order valence-electron chi connectivity index (χ1n) is 6.22. The maximum absolute atomic E-state index is 14.1. The summed E-state index contributed by atoms with van der Waals surface area (Å²) >= 11 is 5.71. The van der Waals surface area contributed by atoms with Crippen LogP contribution in [0.25, 0.3) is 10.9 Å². The molecule has 0 spiro atoms. The third-order valence-electron chi connectivity index (χ3n) is 3.20. The maximum atomic E-state index is 14.1. The van der Waals surface area contributed by atoms with Crippen molar-refractivity contribution in [3.8, 4) is 6.01 Å². The average Bonchev–Trinajstić information content (AvgIpc) is 2.51. The van der Waals surface area contributed by atoms with Crippen molar-refractivity contribution in [1.82, 2.24) is 20.3 Å². The van der Waals surface area contributed by atoms with Crippen LogP contribution in [0.15, 0.2) is 6.20 Å². The van der Waals surface area contributed by atoms with E-state index in [-0.39, 0.29) is 16.7 Å². The smallest absolute Gasteiger partial charge is 0.318 e. The minimum absolute atomic E-state index is 0.118. The highest BCUT2D eigenvalue weighted by atomic mass is 35.5. The molecular formula is C12H13ClFN5O. The predicted molar refractivity (Wildman–Crippen MR) is 73.9 cm³/mol. The molecule has 0 radical (unpaired) electrons. The fourth-order valence-electron chi connectivity index (χ4n) is 2.21. The van der Waals surface area contributed by atoms with Gasteiger partial charge in [0.25, 0.3) is 0 Å². The molecule has 20 heavy (non-hydrogen) atoms. The zero-order valence-corrected chi connectivity index (χ0v) is 11.6. The van der Waals surface area contributed by atoms with Crippen molar-refractivity contribution in [3.63, 3.8) is 0 Å². The molecule has 1 aliphatic rings. The summed E-state index contributed by atoms with van der Waals surface area (Å²) in [6.07, 6.45) is 1.50. The number of ether oxygens (including phenoxy) is 1. The van der Waals surface area contributed by atoms with Crippen LogP contribution >= 0.6 is 11.6 Å². The summed E-state index contributed by atoms with van der Waals surface area (Å²) < 4.78 is 19.1. The Morgan fingerprint density at radius 1 is 1.35 bits per heavy atom. The van der Waals surface area contributed by atoms with E-state index in [2.05, 4.69) is 25.2 Å². The van der Waals surface area contributed by atoms with Crippen molar-refractivity contribution in [2.45, 2.75) is 0 Å². The van der Waals surface area contributed by atoms with Crippen LogP contribution in [0.3, 0.4) is 0 Å². The van der Waals surface area contributed by atoms with E-state index in [0.717, 1.165) is 26.2 Å². The molecule has 0 aromatic carbocycles. The first kappa shape index (κ1) is 13.3. The van der Waals surface area contributed by atoms with Crippen molar-refractivity contribution in [1.29, 1.82) is 0 Å². The monoisotopic (exact) mass is 297 g/mol. The number of anilines is 1. The SMILES string of the molecule is COc1nc(N2CCNCC2)c2cnc(Cl)c(F)c2n1. The van der Waals surface area contributed by atoms with E-state index in [0.29, 0.717) is 11.2 Å². The summed E-state index contributed by atoms with van der Waals surface area (Å²) in [6.45, 7) is 3.24. The second-order valence-corrected chi connectivity index (χ2v) is 4.75. The highest BCUT2D eigenvalue weighted by molar-refractivity contribution is 6.30. The van der Waals surface area contributed by atoms with Crippen LogP contribution in [0.5, 0.6) is 6.01 Å². The summed E-state index contributed by atoms with van der Waals surface area (Å²) in [4.78, 5) is 14.3. The second kappa shape index (κ2) is 5.34. The molecule has 0 amide bonds. The van der Waals surface area contributed by atoms with Gasteiger partial charge in [0.2, 0.25) is 0 Å². The number of pyridine rings is 1. The molecule has 6 nitrogen and oxygen atoms in total. The van der Waals surface area contributed by atoms with E-state index < -0.39 is 5.82 Å². The van der Waals surface area contributed by atoms with Crippen LogP contribution in [0.4, 0.5) is 10.2 Å². The highest BCUT2D eigenvalue weighted by Gasteiger charge is 2.20. The van der Waals surface area contributed by atoms with E-state index in [1.165, 1.54) is 13.3 Å². The molecule has 106 valence electrons. The molecule has 0 aliphatic carbocycles. The van der Waals surface area contributed by atoms with Gasteiger partial charge in [-0.2, -0.15) is 9.97 Å². The Hall–Kier alpha value is -1.73. The Kier molecular flexibility index (Phi) is 3.54. The third kappa shape index (κ3) is 2.23. The lowest BCUT2D eigenvalue weighted by Crippen LogP contribution is -2.44. The van der Waals surface area contributed by atoms with E-state index in [1.54, 1.807) is 0 Å². The molecule has 1 saturated heterocycles. The van der Waals surface area contributed by atoms with Gasteiger partial charge in [-0.25, -0.2) is 9.37 Å². The first-order valence-corrected chi connectivity index (χ1v) is 6.60. The molecule has 2 aromatic rings. The number of fused-ring (bicyclic) bond motifs is 1. The number of methoxy groups -OCH3 is 1. The van der Waals surface area contributed by atoms with Crippen molar-refractivity contribution in [3.05, 3.63) is 17.2 Å². The van der Waals surface area contributed by atoms with Crippen molar-refractivity contribution in [2.75, 3.05) is 38.2 Å². The number of nitrogens with one attached hydrogen (secondary N) is 1. The molecule has 0 saturated carbocycles. The zero-order chi connectivity index (χ0) is 14.1. The molecule has 1 N–H and O–H groups in total. The molecule has 0 unspecified atom stereocenters. The Morgan fingerprint density at radius 3 is 2.80 bits per heavy atom. The molecule has 0 bridgehead atoms. The molecule has 8 heteroatoms. The zero-order valence-electron chi connectivity index (χ0n) is 10.9. The number of nitrogens with zero attached hydrogens (tertiary/aromatic N) is 4. The number of hydrogen-bond acceptors (Lipinski definition) is 6. The van der Waals surface area contributed by atoms with Gasteiger partial charge in [-0.15, -0.1) is 0 Å². The van der Waals surface area contributed by atoms with Gasteiger partial charge in [-0.1, -0.05) is 11.6 Å². The van der Waals surface area contributed by atoms with Crippen molar-refractivity contribution < 1.29 is 9.13 Å². The lowest BCUT2D eigenvalue weighted by atomic mass is 10.2. The molecule has 3 heterocycles. The lowest BCUT2D eigenvalue weighted by molar-refractivity contribution is 0.381. The Labute approximate surface area is 119 Å². The Balaban J connectivity index is 2.21. The fraction of sp³-hybridized carbons (Fsp3) is 0.417. The number of halogens is 2. The van der Waals surface area contributed by atoms with Crippen molar-refractivity contribution in [2.24, 2.45) is 0 Å². The van der Waals surface area contributed by atoms with Gasteiger partial charge in [0.1, 0.15) is 11.3 Å². The van der Waals surface area contributed by atoms with Gasteiger partial charge in [0.15, 0.2) is 11.0 Å². The number of piperazine rings is 1. The third-order valence-corrected chi connectivity index (χ3v) is 3.46. The number of aromatic nitrogens is 3. The lowest BCUT2D eigenvalue weighted by Gasteiger charge is -2.29. The minimum Gasteiger partial charge on any atom is -0.467 e. The number of hydrogen-bond donors (Lipinski definition) is 1. The Bertz CT molecular complexity index is 647. The van der Waals surface area contributed by atoms with Gasteiger partial charge in [0.05, 0.1) is 12.5 Å². The molecular weight excluding hydrogens is 285 g/mol. The first-order chi connectivity index (χ1) is 9.70. The molecule has 0 atom stereocenters. The van der Waals surface area contributed by atoms with Crippen molar-refractivity contribution >= 4 is 28.3 Å². The van der Waals surface area contributed by atoms with Crippen LogP contribution in [0, 0.1) is 5.82 Å². The molecule has 1 aliphatic heterocycles. The highest BCUT2D eigenvalue weighted by Crippen LogP contribution is 2.29. The summed E-state index contributed by atoms with van der Waals surface area (Å²) in [5.41, 5.74) is 0.130. The fourth-order valence-corrected chi connectivity index (χ4v) is 2.35. The summed E-state index contributed by atoms with van der Waals surface area (Å²) in [5.74, 6) is -0.0299. The van der Waals surface area contributed by atoms with E-state index >= 15 is 0 Å². The van der Waals surface area contributed by atoms with E-state index in [1.807, 2.05) is 0 Å². The summed E-state index contributed by atoms with van der Waals surface area (Å²) in [5, 5.41) is 3.59. The minimum atomic E-state index is -0.652. The maximum Gasteiger partial charge on any atom is 0.318 e. The average molecular weight is 298 g/mol. The summed E-state index contributed by atoms with van der Waals surface area (Å²) in [7, 11) is 1.45. The standard InChI is InChI=1S/C12H13ClFN5O/c1-20-12-17-9-7(6-16-10(13)8(9)14)11(18-12)19-4-2-15-3-5-19/h6,15H,2-5H2,1H3. The van der Waals surface area contributed by atoms with Gasteiger partial charge in [-0.3, -0.25) is 0 Å². The van der Waals surface area contributed by atoms with Crippen LogP contribution in [-0.4, -0.2) is 48.2 Å². The summed E-state index contributed by atoms with van der Waals surface area (Å²) in [6, 6.07) is 0.118. The van der Waals surface area contributed by atoms with Crippen LogP contribution in [0.1, 0.15) is 0 Å². The molecule has 1 fully saturated rings. The van der Waals surface area contributed by atoms with E-state index in [9.17, 15) is 4.39 Å². The quantitative estimate of drug-likeness (QED) is 0.842. The van der Waals surface area contributed by atoms with Crippen LogP contribution in [0.2, 0.25) is 5.15 Å². The van der Waals surface area contributed by atoms with Gasteiger partial charge >= 0.3 is 6.01 Å². The van der Waals surface area contributed by atoms with Gasteiger partial charge < -0.3 is 15.0 Å². The van der Waals surface area contributed by atoms with Crippen LogP contribution < -0.4 is 15.0 Å². The second-order valence-electron chi connectivity index (χ2n) is 4.40. The molecule has 3 rings (SSSR count). The van der Waals surface area contributed by atoms with E-state index in [4.69, 9.17) is 16.3 Å². The predicted octanol–water partition coefficient (Wildman–Crippen LogP) is 1.24.